The summed E-state index contributed by atoms with van der Waals surface area (Å²) in [5.74, 6) is 1.82. The zero-order valence-corrected chi connectivity index (χ0v) is 17.8. The topological polar surface area (TPSA) is 78.1 Å². The van der Waals surface area contributed by atoms with Crippen molar-refractivity contribution >= 4 is 51.6 Å². The molecular weight excluding hydrogens is 404 g/mol. The van der Waals surface area contributed by atoms with Gasteiger partial charge in [0.15, 0.2) is 0 Å². The van der Waals surface area contributed by atoms with Crippen LogP contribution in [-0.4, -0.2) is 52.2 Å². The van der Waals surface area contributed by atoms with Gasteiger partial charge in [-0.25, -0.2) is 4.98 Å². The van der Waals surface area contributed by atoms with E-state index in [1.165, 1.54) is 28.6 Å². The first-order valence-electron chi connectivity index (χ1n) is 9.25. The van der Waals surface area contributed by atoms with Gasteiger partial charge in [-0.3, -0.25) is 9.59 Å². The molecule has 2 aromatic rings. The molecule has 1 atom stereocenters. The monoisotopic (exact) mass is 428 g/mol. The van der Waals surface area contributed by atoms with Gasteiger partial charge in [-0.1, -0.05) is 0 Å². The van der Waals surface area contributed by atoms with Crippen LogP contribution in [0.3, 0.4) is 0 Å². The van der Waals surface area contributed by atoms with Crippen LogP contribution < -0.4 is 10.9 Å². The number of halogens is 1. The molecule has 1 fully saturated rings. The normalized spacial score (nSPS) is 19.6. The Morgan fingerprint density at radius 1 is 1.37 bits per heavy atom. The molecule has 3 heterocycles. The molecule has 2 N–H and O–H groups in total. The highest BCUT2D eigenvalue weighted by Gasteiger charge is 2.23. The molecule has 1 aliphatic heterocycles. The van der Waals surface area contributed by atoms with Crippen LogP contribution in [0.4, 0.5) is 0 Å². The molecule has 0 radical (unpaired) electrons. The maximum atomic E-state index is 12.5. The van der Waals surface area contributed by atoms with Gasteiger partial charge in [0.1, 0.15) is 10.7 Å². The van der Waals surface area contributed by atoms with Crippen LogP contribution in [0.2, 0.25) is 0 Å². The van der Waals surface area contributed by atoms with Crippen LogP contribution in [0.15, 0.2) is 4.79 Å². The van der Waals surface area contributed by atoms with Crippen molar-refractivity contribution in [3.05, 3.63) is 26.6 Å². The van der Waals surface area contributed by atoms with E-state index in [0.717, 1.165) is 49.1 Å². The average molecular weight is 429 g/mol. The second-order valence-corrected chi connectivity index (χ2v) is 9.11. The summed E-state index contributed by atoms with van der Waals surface area (Å²) in [5, 5.41) is 4.09. The van der Waals surface area contributed by atoms with Crippen molar-refractivity contribution in [1.29, 1.82) is 0 Å². The molecule has 0 bridgehead atoms. The van der Waals surface area contributed by atoms with Crippen molar-refractivity contribution in [1.82, 2.24) is 20.2 Å². The smallest absolute Gasteiger partial charge is 0.259 e. The number of fused-ring (bicyclic) bond motifs is 3. The highest BCUT2D eigenvalue weighted by atomic mass is 35.5. The van der Waals surface area contributed by atoms with Crippen molar-refractivity contribution in [2.75, 3.05) is 25.4 Å². The van der Waals surface area contributed by atoms with Crippen LogP contribution in [0, 0.1) is 0 Å². The molecule has 1 saturated heterocycles. The van der Waals surface area contributed by atoms with Crippen molar-refractivity contribution in [3.8, 4) is 0 Å². The number of hydrogen-bond donors (Lipinski definition) is 2. The zero-order chi connectivity index (χ0) is 18.1. The number of aromatic amines is 1. The second kappa shape index (κ2) is 8.94. The van der Waals surface area contributed by atoms with Gasteiger partial charge in [-0.05, 0) is 38.2 Å². The summed E-state index contributed by atoms with van der Waals surface area (Å²) in [6.45, 7) is 4.54. The second-order valence-electron chi connectivity index (χ2n) is 7.04. The minimum Gasteiger partial charge on any atom is -0.337 e. The molecule has 9 heteroatoms. The number of hydrogen-bond acceptors (Lipinski definition) is 6. The molecule has 0 aromatic carbocycles. The van der Waals surface area contributed by atoms with E-state index in [2.05, 4.69) is 22.2 Å². The molecule has 6 nitrogen and oxygen atoms in total. The zero-order valence-electron chi connectivity index (χ0n) is 15.4. The largest absolute Gasteiger partial charge is 0.337 e. The van der Waals surface area contributed by atoms with Crippen LogP contribution >= 0.6 is 35.5 Å². The third-order valence-electron chi connectivity index (χ3n) is 5.16. The lowest BCUT2D eigenvalue weighted by Gasteiger charge is -2.33. The Labute approximate surface area is 172 Å². The number of thiophene rings is 1. The first kappa shape index (κ1) is 20.6. The summed E-state index contributed by atoms with van der Waals surface area (Å²) in [4.78, 5) is 36.7. The van der Waals surface area contributed by atoms with Crippen LogP contribution in [0.25, 0.3) is 10.2 Å². The Morgan fingerprint density at radius 3 is 3.00 bits per heavy atom. The molecule has 2 aromatic heterocycles. The van der Waals surface area contributed by atoms with E-state index < -0.39 is 0 Å². The van der Waals surface area contributed by atoms with E-state index in [1.54, 1.807) is 11.3 Å². The highest BCUT2D eigenvalue weighted by molar-refractivity contribution is 7.99. The third-order valence-corrected chi connectivity index (χ3v) is 7.27. The summed E-state index contributed by atoms with van der Waals surface area (Å²) >= 11 is 3.19. The number of aryl methyl sites for hydroxylation is 2. The van der Waals surface area contributed by atoms with Crippen LogP contribution in [0.1, 0.15) is 36.0 Å². The number of carbonyl (C=O) groups is 1. The lowest BCUT2D eigenvalue weighted by atomic mass is 9.97. The quantitative estimate of drug-likeness (QED) is 0.781. The first-order valence-corrected chi connectivity index (χ1v) is 11.2. The number of carbonyl (C=O) groups excluding carboxylic acids is 1. The number of nitrogens with zero attached hydrogens (tertiary/aromatic N) is 2. The van der Waals surface area contributed by atoms with Gasteiger partial charge in [0, 0.05) is 30.6 Å². The molecule has 148 valence electrons. The fourth-order valence-corrected chi connectivity index (χ4v) is 5.86. The third kappa shape index (κ3) is 4.34. The number of amides is 1. The molecule has 0 saturated carbocycles. The minimum atomic E-state index is -0.0212. The van der Waals surface area contributed by atoms with Crippen molar-refractivity contribution in [2.45, 2.75) is 44.4 Å². The maximum absolute atomic E-state index is 12.5. The molecule has 0 spiro atoms. The van der Waals surface area contributed by atoms with E-state index in [0.29, 0.717) is 17.3 Å². The first-order chi connectivity index (χ1) is 12.6. The highest BCUT2D eigenvalue weighted by Crippen LogP contribution is 2.33. The van der Waals surface area contributed by atoms with Crippen LogP contribution in [-0.2, 0) is 23.4 Å². The Balaban J connectivity index is 0.00000210. The Hall–Kier alpha value is -1.09. The molecule has 1 amide bonds. The van der Waals surface area contributed by atoms with Gasteiger partial charge < -0.3 is 15.2 Å². The van der Waals surface area contributed by atoms with Gasteiger partial charge in [0.25, 0.3) is 5.56 Å². The molecular formula is C18H25ClN4O2S2. The molecule has 4 rings (SSSR count). The molecule has 27 heavy (non-hydrogen) atoms. The Morgan fingerprint density at radius 2 is 2.19 bits per heavy atom. The Bertz CT molecular complexity index is 882. The fraction of sp³-hybridized carbons (Fsp3) is 0.611. The summed E-state index contributed by atoms with van der Waals surface area (Å²) in [6.07, 6.45) is 4.41. The van der Waals surface area contributed by atoms with Gasteiger partial charge in [-0.15, -0.1) is 35.5 Å². The standard InChI is InChI=1S/C18H24N4O2S2.ClH/c1-11-8-19-6-7-22(11)15(23)10-25-9-14-20-17(24)16-12-4-2-3-5-13(12)26-18(16)21-14;/h11,19H,2-10H2,1H3,(H,20,21,24);1H. The fourth-order valence-electron chi connectivity index (χ4n) is 3.81. The number of aromatic nitrogens is 2. The average Bonchev–Trinajstić information content (AvgIpc) is 3.00. The summed E-state index contributed by atoms with van der Waals surface area (Å²) < 4.78 is 0. The summed E-state index contributed by atoms with van der Waals surface area (Å²) in [7, 11) is 0. The van der Waals surface area contributed by atoms with E-state index in [-0.39, 0.29) is 29.9 Å². The van der Waals surface area contributed by atoms with Crippen LogP contribution in [0.5, 0.6) is 0 Å². The van der Waals surface area contributed by atoms with Gasteiger partial charge in [0.05, 0.1) is 16.9 Å². The lowest BCUT2D eigenvalue weighted by Crippen LogP contribution is -2.52. The van der Waals surface area contributed by atoms with Crippen molar-refractivity contribution in [2.24, 2.45) is 0 Å². The molecule has 2 aliphatic rings. The van der Waals surface area contributed by atoms with E-state index >= 15 is 0 Å². The number of H-pyrrole nitrogens is 1. The maximum Gasteiger partial charge on any atom is 0.259 e. The molecule has 1 aliphatic carbocycles. The van der Waals surface area contributed by atoms with E-state index in [9.17, 15) is 9.59 Å². The lowest BCUT2D eigenvalue weighted by molar-refractivity contribution is -0.131. The summed E-state index contributed by atoms with van der Waals surface area (Å²) in [5.41, 5.74) is 1.19. The van der Waals surface area contributed by atoms with Gasteiger partial charge in [0.2, 0.25) is 5.91 Å². The minimum absolute atomic E-state index is 0. The number of piperazine rings is 1. The van der Waals surface area contributed by atoms with Gasteiger partial charge in [-0.2, -0.15) is 0 Å². The molecule has 1 unspecified atom stereocenters. The Kier molecular flexibility index (Phi) is 6.83. The van der Waals surface area contributed by atoms with E-state index in [1.807, 2.05) is 4.90 Å². The summed E-state index contributed by atoms with van der Waals surface area (Å²) in [6, 6.07) is 0.239. The van der Waals surface area contributed by atoms with E-state index in [4.69, 9.17) is 0 Å². The number of nitrogens with one attached hydrogen (secondary N) is 2. The predicted octanol–water partition coefficient (Wildman–Crippen LogP) is 2.34. The number of rotatable bonds is 4. The van der Waals surface area contributed by atoms with Gasteiger partial charge >= 0.3 is 0 Å². The SMILES string of the molecule is CC1CNCCN1C(=O)CSCc1nc2sc3c(c2c(=O)[nH]1)CCCC3.Cl. The number of thioether (sulfide) groups is 1. The van der Waals surface area contributed by atoms with Crippen molar-refractivity contribution < 1.29 is 4.79 Å². The predicted molar refractivity (Wildman–Crippen MR) is 114 cm³/mol. The van der Waals surface area contributed by atoms with Crippen molar-refractivity contribution in [3.63, 3.8) is 0 Å².